The highest BCUT2D eigenvalue weighted by molar-refractivity contribution is 9.09. The lowest BCUT2D eigenvalue weighted by molar-refractivity contribution is 0.200. The van der Waals surface area contributed by atoms with Gasteiger partial charge in [-0.3, -0.25) is 0 Å². The molecule has 0 radical (unpaired) electrons. The van der Waals surface area contributed by atoms with Crippen molar-refractivity contribution in [1.29, 1.82) is 0 Å². The summed E-state index contributed by atoms with van der Waals surface area (Å²) < 4.78 is 10.4. The second kappa shape index (κ2) is 6.81. The molecule has 0 spiro atoms. The zero-order chi connectivity index (χ0) is 12.0. The molecule has 5 heteroatoms. The predicted octanol–water partition coefficient (Wildman–Crippen LogP) is 2.14. The van der Waals surface area contributed by atoms with Crippen molar-refractivity contribution in [3.63, 3.8) is 0 Å². The van der Waals surface area contributed by atoms with E-state index in [2.05, 4.69) is 25.9 Å². The van der Waals surface area contributed by atoms with Gasteiger partial charge in [0.15, 0.2) is 0 Å². The molecular weight excluding hydrogens is 272 g/mol. The van der Waals surface area contributed by atoms with Crippen molar-refractivity contribution < 1.29 is 9.47 Å². The van der Waals surface area contributed by atoms with Gasteiger partial charge >= 0.3 is 0 Å². The van der Waals surface area contributed by atoms with Crippen LogP contribution < -0.4 is 4.74 Å². The van der Waals surface area contributed by atoms with Crippen molar-refractivity contribution in [1.82, 2.24) is 9.97 Å². The van der Waals surface area contributed by atoms with Gasteiger partial charge in [-0.05, 0) is 13.8 Å². The van der Waals surface area contributed by atoms with E-state index < -0.39 is 0 Å². The Morgan fingerprint density at radius 3 is 2.81 bits per heavy atom. The molecular formula is C11H17BrN2O2. The van der Waals surface area contributed by atoms with E-state index in [4.69, 9.17) is 9.47 Å². The molecule has 90 valence electrons. The first-order valence-electron chi connectivity index (χ1n) is 5.26. The van der Waals surface area contributed by atoms with Crippen LogP contribution in [0.3, 0.4) is 0 Å². The molecule has 0 aromatic carbocycles. The lowest BCUT2D eigenvalue weighted by Crippen LogP contribution is -2.12. The molecule has 1 unspecified atom stereocenters. The van der Waals surface area contributed by atoms with Crippen molar-refractivity contribution in [2.75, 3.05) is 20.3 Å². The summed E-state index contributed by atoms with van der Waals surface area (Å²) in [5.41, 5.74) is 0.967. The van der Waals surface area contributed by atoms with Crippen LogP contribution in [0.1, 0.15) is 18.4 Å². The van der Waals surface area contributed by atoms with Crippen molar-refractivity contribution in [3.8, 4) is 5.88 Å². The highest BCUT2D eigenvalue weighted by atomic mass is 79.9. The Bertz CT molecular complexity index is 334. The fourth-order valence-electron chi connectivity index (χ4n) is 1.39. The third-order valence-corrected chi connectivity index (χ3v) is 2.53. The molecule has 0 saturated carbocycles. The van der Waals surface area contributed by atoms with Crippen LogP contribution >= 0.6 is 15.9 Å². The molecule has 0 amide bonds. The van der Waals surface area contributed by atoms with Crippen LogP contribution in [0.5, 0.6) is 5.88 Å². The van der Waals surface area contributed by atoms with Gasteiger partial charge in [-0.2, -0.15) is 4.98 Å². The summed E-state index contributed by atoms with van der Waals surface area (Å²) in [6.07, 6.45) is 0.803. The van der Waals surface area contributed by atoms with Crippen LogP contribution in [-0.2, 0) is 11.2 Å². The van der Waals surface area contributed by atoms with Crippen LogP contribution in [0.4, 0.5) is 0 Å². The SMILES string of the molecule is CCOc1cc(CC(Br)COC)nc(C)n1. The van der Waals surface area contributed by atoms with E-state index in [1.165, 1.54) is 0 Å². The quantitative estimate of drug-likeness (QED) is 0.753. The first kappa shape index (κ1) is 13.4. The Labute approximate surface area is 105 Å². The monoisotopic (exact) mass is 288 g/mol. The number of alkyl halides is 1. The summed E-state index contributed by atoms with van der Waals surface area (Å²) in [5, 5.41) is 0. The first-order valence-corrected chi connectivity index (χ1v) is 6.17. The maximum atomic E-state index is 5.37. The number of nitrogens with zero attached hydrogens (tertiary/aromatic N) is 2. The fourth-order valence-corrected chi connectivity index (χ4v) is 1.99. The molecule has 1 heterocycles. The molecule has 16 heavy (non-hydrogen) atoms. The smallest absolute Gasteiger partial charge is 0.216 e. The summed E-state index contributed by atoms with van der Waals surface area (Å²) in [6, 6.07) is 1.88. The summed E-state index contributed by atoms with van der Waals surface area (Å²) in [5.74, 6) is 1.38. The van der Waals surface area contributed by atoms with E-state index in [1.807, 2.05) is 19.9 Å². The zero-order valence-corrected chi connectivity index (χ0v) is 11.5. The number of ether oxygens (including phenoxy) is 2. The first-order chi connectivity index (χ1) is 7.65. The topological polar surface area (TPSA) is 44.2 Å². The number of halogens is 1. The van der Waals surface area contributed by atoms with E-state index >= 15 is 0 Å². The molecule has 0 aliphatic rings. The van der Waals surface area contributed by atoms with Crippen molar-refractivity contribution >= 4 is 15.9 Å². The molecule has 1 rings (SSSR count). The average Bonchev–Trinajstić information content (AvgIpc) is 2.17. The van der Waals surface area contributed by atoms with Gasteiger partial charge in [0.2, 0.25) is 5.88 Å². The van der Waals surface area contributed by atoms with E-state index in [0.717, 1.165) is 17.9 Å². The standard InChI is InChI=1S/C11H17BrN2O2/c1-4-16-11-6-10(13-8(2)14-11)5-9(12)7-15-3/h6,9H,4-5,7H2,1-3H3. The highest BCUT2D eigenvalue weighted by Crippen LogP contribution is 2.14. The molecule has 0 aliphatic carbocycles. The molecule has 1 aromatic rings. The minimum absolute atomic E-state index is 0.265. The van der Waals surface area contributed by atoms with E-state index in [0.29, 0.717) is 19.1 Å². The third-order valence-electron chi connectivity index (χ3n) is 1.94. The lowest BCUT2D eigenvalue weighted by Gasteiger charge is -2.10. The Morgan fingerprint density at radius 2 is 2.19 bits per heavy atom. The second-order valence-corrected chi connectivity index (χ2v) is 4.73. The summed E-state index contributed by atoms with van der Waals surface area (Å²) in [4.78, 5) is 8.82. The van der Waals surface area contributed by atoms with E-state index in [1.54, 1.807) is 7.11 Å². The third kappa shape index (κ3) is 4.45. The van der Waals surface area contributed by atoms with Gasteiger partial charge in [0.05, 0.1) is 13.2 Å². The van der Waals surface area contributed by atoms with Crippen molar-refractivity contribution in [2.24, 2.45) is 0 Å². The maximum absolute atomic E-state index is 5.37. The Kier molecular flexibility index (Phi) is 5.69. The number of methoxy groups -OCH3 is 1. The van der Waals surface area contributed by atoms with E-state index in [-0.39, 0.29) is 4.83 Å². The molecule has 1 atom stereocenters. The Hall–Kier alpha value is -0.680. The number of rotatable bonds is 6. The predicted molar refractivity (Wildman–Crippen MR) is 66.2 cm³/mol. The summed E-state index contributed by atoms with van der Waals surface area (Å²) >= 11 is 3.54. The summed E-state index contributed by atoms with van der Waals surface area (Å²) in [6.45, 7) is 5.08. The van der Waals surface area contributed by atoms with Crippen LogP contribution in [-0.4, -0.2) is 35.1 Å². The van der Waals surface area contributed by atoms with Crippen molar-refractivity contribution in [3.05, 3.63) is 17.6 Å². The van der Waals surface area contributed by atoms with Crippen molar-refractivity contribution in [2.45, 2.75) is 25.1 Å². The van der Waals surface area contributed by atoms with Crippen LogP contribution in [0, 0.1) is 6.92 Å². The van der Waals surface area contributed by atoms with Gasteiger partial charge in [-0.25, -0.2) is 4.98 Å². The molecule has 4 nitrogen and oxygen atoms in total. The molecule has 0 N–H and O–H groups in total. The largest absolute Gasteiger partial charge is 0.478 e. The Balaban J connectivity index is 2.71. The van der Waals surface area contributed by atoms with Crippen LogP contribution in [0.15, 0.2) is 6.07 Å². The number of aryl methyl sites for hydroxylation is 1. The minimum atomic E-state index is 0.265. The number of aromatic nitrogens is 2. The van der Waals surface area contributed by atoms with Gasteiger partial charge in [0.25, 0.3) is 0 Å². The molecule has 1 aromatic heterocycles. The summed E-state index contributed by atoms with van der Waals surface area (Å²) in [7, 11) is 1.69. The maximum Gasteiger partial charge on any atom is 0.216 e. The van der Waals surface area contributed by atoms with Gasteiger partial charge in [0.1, 0.15) is 5.82 Å². The molecule has 0 aliphatic heterocycles. The second-order valence-electron chi connectivity index (χ2n) is 3.43. The van der Waals surface area contributed by atoms with Gasteiger partial charge in [-0.1, -0.05) is 15.9 Å². The highest BCUT2D eigenvalue weighted by Gasteiger charge is 2.08. The van der Waals surface area contributed by atoms with Crippen LogP contribution in [0.2, 0.25) is 0 Å². The average molecular weight is 289 g/mol. The zero-order valence-electron chi connectivity index (χ0n) is 9.86. The fraction of sp³-hybridized carbons (Fsp3) is 0.636. The number of hydrogen-bond acceptors (Lipinski definition) is 4. The van der Waals surface area contributed by atoms with E-state index in [9.17, 15) is 0 Å². The normalized spacial score (nSPS) is 12.5. The lowest BCUT2D eigenvalue weighted by atomic mass is 10.2. The Morgan fingerprint density at radius 1 is 1.44 bits per heavy atom. The molecule has 0 fully saturated rings. The molecule has 0 saturated heterocycles. The van der Waals surface area contributed by atoms with Gasteiger partial charge in [0, 0.05) is 30.1 Å². The van der Waals surface area contributed by atoms with Gasteiger partial charge in [-0.15, -0.1) is 0 Å². The number of hydrogen-bond donors (Lipinski definition) is 0. The van der Waals surface area contributed by atoms with Gasteiger partial charge < -0.3 is 9.47 Å². The minimum Gasteiger partial charge on any atom is -0.478 e. The van der Waals surface area contributed by atoms with Crippen LogP contribution in [0.25, 0.3) is 0 Å². The molecule has 0 bridgehead atoms.